The number of ether oxygens (including phenoxy) is 3. The van der Waals surface area contributed by atoms with E-state index in [-0.39, 0.29) is 5.56 Å². The molecule has 0 aliphatic carbocycles. The summed E-state index contributed by atoms with van der Waals surface area (Å²) < 4.78 is 15.9. The molecule has 25 heavy (non-hydrogen) atoms. The van der Waals surface area contributed by atoms with Crippen LogP contribution in [-0.4, -0.2) is 32.7 Å². The molecule has 1 N–H and O–H groups in total. The van der Waals surface area contributed by atoms with Crippen LogP contribution in [0.5, 0.6) is 11.5 Å². The van der Waals surface area contributed by atoms with E-state index in [1.807, 2.05) is 13.0 Å². The zero-order valence-electron chi connectivity index (χ0n) is 14.1. The number of hydrogen-bond donors (Lipinski definition) is 1. The van der Waals surface area contributed by atoms with Gasteiger partial charge in [-0.3, -0.25) is 4.79 Å². The van der Waals surface area contributed by atoms with Crippen LogP contribution in [0.2, 0.25) is 0 Å². The van der Waals surface area contributed by atoms with Crippen LogP contribution in [0.25, 0.3) is 0 Å². The molecule has 0 saturated carbocycles. The topological polar surface area (TPSA) is 73.9 Å². The van der Waals surface area contributed by atoms with Gasteiger partial charge in [0, 0.05) is 4.47 Å². The van der Waals surface area contributed by atoms with Gasteiger partial charge in [0.1, 0.15) is 11.5 Å². The van der Waals surface area contributed by atoms with Crippen molar-refractivity contribution < 1.29 is 23.8 Å². The van der Waals surface area contributed by atoms with E-state index >= 15 is 0 Å². The number of methoxy groups -OCH3 is 2. The highest BCUT2D eigenvalue weighted by atomic mass is 79.9. The Kier molecular flexibility index (Phi) is 6.41. The molecule has 1 amide bonds. The van der Waals surface area contributed by atoms with Crippen LogP contribution in [0.4, 0.5) is 5.69 Å². The lowest BCUT2D eigenvalue weighted by atomic mass is 10.2. The molecular weight excluding hydrogens is 390 g/mol. The fourth-order valence-electron chi connectivity index (χ4n) is 2.10. The van der Waals surface area contributed by atoms with Gasteiger partial charge in [0.25, 0.3) is 5.91 Å². The predicted molar refractivity (Wildman–Crippen MR) is 97.3 cm³/mol. The molecule has 2 aromatic rings. The van der Waals surface area contributed by atoms with Crippen molar-refractivity contribution in [2.24, 2.45) is 0 Å². The second-order valence-corrected chi connectivity index (χ2v) is 6.03. The number of esters is 1. The van der Waals surface area contributed by atoms with Crippen molar-refractivity contribution in [2.75, 3.05) is 26.1 Å². The van der Waals surface area contributed by atoms with Gasteiger partial charge >= 0.3 is 5.97 Å². The number of aryl methyl sites for hydroxylation is 1. The zero-order chi connectivity index (χ0) is 18.4. The average molecular weight is 408 g/mol. The lowest BCUT2D eigenvalue weighted by molar-refractivity contribution is -0.119. The van der Waals surface area contributed by atoms with E-state index in [9.17, 15) is 9.59 Å². The molecule has 0 aliphatic heterocycles. The first-order chi connectivity index (χ1) is 11.9. The van der Waals surface area contributed by atoms with Crippen molar-refractivity contribution in [3.8, 4) is 11.5 Å². The summed E-state index contributed by atoms with van der Waals surface area (Å²) in [5.41, 5.74) is 1.76. The Morgan fingerprint density at radius 3 is 2.52 bits per heavy atom. The number of benzene rings is 2. The minimum Gasteiger partial charge on any atom is -0.497 e. The zero-order valence-corrected chi connectivity index (χ0v) is 15.7. The molecule has 0 radical (unpaired) electrons. The number of rotatable bonds is 6. The molecule has 132 valence electrons. The highest BCUT2D eigenvalue weighted by Crippen LogP contribution is 2.25. The van der Waals surface area contributed by atoms with Crippen LogP contribution in [0.15, 0.2) is 40.9 Å². The Labute approximate surface area is 154 Å². The molecule has 0 saturated heterocycles. The average Bonchev–Trinajstić information content (AvgIpc) is 2.60. The van der Waals surface area contributed by atoms with E-state index < -0.39 is 18.5 Å². The maximum atomic E-state index is 12.2. The van der Waals surface area contributed by atoms with Crippen molar-refractivity contribution in [3.05, 3.63) is 52.0 Å². The maximum Gasteiger partial charge on any atom is 0.339 e. The Bertz CT molecular complexity index is 791. The van der Waals surface area contributed by atoms with Gasteiger partial charge in [0.15, 0.2) is 6.61 Å². The summed E-state index contributed by atoms with van der Waals surface area (Å²) in [6.45, 7) is 1.48. The molecule has 0 aromatic heterocycles. The first-order valence-electron chi connectivity index (χ1n) is 7.39. The number of anilines is 1. The Morgan fingerprint density at radius 2 is 1.84 bits per heavy atom. The van der Waals surface area contributed by atoms with Gasteiger partial charge in [-0.1, -0.05) is 6.07 Å². The first-order valence-corrected chi connectivity index (χ1v) is 8.19. The molecule has 2 aromatic carbocycles. The monoisotopic (exact) mass is 407 g/mol. The molecule has 7 heteroatoms. The summed E-state index contributed by atoms with van der Waals surface area (Å²) in [7, 11) is 3.02. The molecule has 0 fully saturated rings. The van der Waals surface area contributed by atoms with Gasteiger partial charge in [0.05, 0.1) is 25.5 Å². The van der Waals surface area contributed by atoms with Gasteiger partial charge in [-0.05, 0) is 58.7 Å². The SMILES string of the molecule is COc1ccc(Br)c(C(=O)OCC(=O)Nc2cc(C)ccc2OC)c1. The van der Waals surface area contributed by atoms with Crippen molar-refractivity contribution in [2.45, 2.75) is 6.92 Å². The first kappa shape index (κ1) is 18.8. The number of carbonyl (C=O) groups excluding carboxylic acids is 2. The molecule has 0 aliphatic rings. The minimum absolute atomic E-state index is 0.278. The van der Waals surface area contributed by atoms with Crippen LogP contribution in [-0.2, 0) is 9.53 Å². The third-order valence-electron chi connectivity index (χ3n) is 3.36. The van der Waals surface area contributed by atoms with Crippen LogP contribution < -0.4 is 14.8 Å². The van der Waals surface area contributed by atoms with Crippen molar-refractivity contribution in [1.29, 1.82) is 0 Å². The predicted octanol–water partition coefficient (Wildman–Crippen LogP) is 3.57. The summed E-state index contributed by atoms with van der Waals surface area (Å²) >= 11 is 3.27. The maximum absolute atomic E-state index is 12.2. The Balaban J connectivity index is 2.00. The van der Waals surface area contributed by atoms with Crippen molar-refractivity contribution >= 4 is 33.5 Å². The largest absolute Gasteiger partial charge is 0.497 e. The van der Waals surface area contributed by atoms with Crippen LogP contribution >= 0.6 is 15.9 Å². The molecule has 0 heterocycles. The number of halogens is 1. The second-order valence-electron chi connectivity index (χ2n) is 5.17. The molecule has 2 rings (SSSR count). The van der Waals surface area contributed by atoms with E-state index in [0.717, 1.165) is 5.56 Å². The molecular formula is C18H18BrNO5. The van der Waals surface area contributed by atoms with E-state index in [1.165, 1.54) is 20.3 Å². The normalized spacial score (nSPS) is 10.1. The summed E-state index contributed by atoms with van der Waals surface area (Å²) in [6.07, 6.45) is 0. The van der Waals surface area contributed by atoms with Crippen LogP contribution in [0.3, 0.4) is 0 Å². The smallest absolute Gasteiger partial charge is 0.339 e. The third kappa shape index (κ3) is 4.96. The Hall–Kier alpha value is -2.54. The standard InChI is InChI=1S/C18H18BrNO5/c1-11-4-7-16(24-3)15(8-11)20-17(21)10-25-18(22)13-9-12(23-2)5-6-14(13)19/h4-9H,10H2,1-3H3,(H,20,21). The van der Waals surface area contributed by atoms with Gasteiger partial charge in [0.2, 0.25) is 0 Å². The quantitative estimate of drug-likeness (QED) is 0.740. The molecule has 0 spiro atoms. The third-order valence-corrected chi connectivity index (χ3v) is 4.05. The van der Waals surface area contributed by atoms with Crippen molar-refractivity contribution in [3.63, 3.8) is 0 Å². The molecule has 0 unspecified atom stereocenters. The number of carbonyl (C=O) groups is 2. The highest BCUT2D eigenvalue weighted by Gasteiger charge is 2.15. The van der Waals surface area contributed by atoms with E-state index in [2.05, 4.69) is 21.2 Å². The van der Waals surface area contributed by atoms with E-state index in [4.69, 9.17) is 14.2 Å². The lowest BCUT2D eigenvalue weighted by Gasteiger charge is -2.12. The van der Waals surface area contributed by atoms with Gasteiger partial charge in [-0.15, -0.1) is 0 Å². The molecule has 0 atom stereocenters. The van der Waals surface area contributed by atoms with Gasteiger partial charge in [-0.2, -0.15) is 0 Å². The molecule has 6 nitrogen and oxygen atoms in total. The fraction of sp³-hybridized carbons (Fsp3) is 0.222. The van der Waals surface area contributed by atoms with Gasteiger partial charge < -0.3 is 19.5 Å². The van der Waals surface area contributed by atoms with E-state index in [1.54, 1.807) is 24.3 Å². The number of hydrogen-bond acceptors (Lipinski definition) is 5. The number of amides is 1. The minimum atomic E-state index is -0.628. The summed E-state index contributed by atoms with van der Waals surface area (Å²) in [5.74, 6) is -0.0432. The number of nitrogens with one attached hydrogen (secondary N) is 1. The van der Waals surface area contributed by atoms with E-state index in [0.29, 0.717) is 21.7 Å². The van der Waals surface area contributed by atoms with Crippen molar-refractivity contribution in [1.82, 2.24) is 0 Å². The lowest BCUT2D eigenvalue weighted by Crippen LogP contribution is -2.21. The fourth-order valence-corrected chi connectivity index (χ4v) is 2.51. The molecule has 0 bridgehead atoms. The second kappa shape index (κ2) is 8.53. The van der Waals surface area contributed by atoms with Crippen LogP contribution in [0, 0.1) is 6.92 Å². The summed E-state index contributed by atoms with van der Waals surface area (Å²) in [6, 6.07) is 10.3. The summed E-state index contributed by atoms with van der Waals surface area (Å²) in [5, 5.41) is 2.67. The van der Waals surface area contributed by atoms with Gasteiger partial charge in [-0.25, -0.2) is 4.79 Å². The highest BCUT2D eigenvalue weighted by molar-refractivity contribution is 9.10. The summed E-state index contributed by atoms with van der Waals surface area (Å²) in [4.78, 5) is 24.2. The van der Waals surface area contributed by atoms with Crippen LogP contribution in [0.1, 0.15) is 15.9 Å². The Morgan fingerprint density at radius 1 is 1.08 bits per heavy atom.